The van der Waals surface area contributed by atoms with Crippen molar-refractivity contribution in [3.63, 3.8) is 0 Å². The Morgan fingerprint density at radius 3 is 2.95 bits per heavy atom. The van der Waals surface area contributed by atoms with Crippen molar-refractivity contribution in [3.8, 4) is 5.69 Å². The summed E-state index contributed by atoms with van der Waals surface area (Å²) in [5.41, 5.74) is 2.38. The molecular weight excluding hydrogens is 262 g/mol. The van der Waals surface area contributed by atoms with Crippen LogP contribution in [0.15, 0.2) is 36.5 Å². The maximum Gasteiger partial charge on any atom is 0.110 e. The van der Waals surface area contributed by atoms with E-state index in [1.165, 1.54) is 24.2 Å². The Morgan fingerprint density at radius 1 is 1.33 bits per heavy atom. The topological polar surface area (TPSA) is 39.1 Å². The fourth-order valence-corrected chi connectivity index (χ4v) is 2.88. The van der Waals surface area contributed by atoms with Crippen LogP contribution in [0.1, 0.15) is 24.4 Å². The first-order chi connectivity index (χ1) is 10.3. The fourth-order valence-electron chi connectivity index (χ4n) is 2.88. The number of benzene rings is 1. The summed E-state index contributed by atoms with van der Waals surface area (Å²) >= 11 is 0. The van der Waals surface area contributed by atoms with Gasteiger partial charge in [0.25, 0.3) is 0 Å². The smallest absolute Gasteiger partial charge is 0.110 e. The van der Waals surface area contributed by atoms with E-state index in [1.54, 1.807) is 0 Å². The molecule has 1 saturated heterocycles. The molecule has 0 spiro atoms. The first-order valence-corrected chi connectivity index (χ1v) is 7.71. The minimum absolute atomic E-state index is 0.735. The summed E-state index contributed by atoms with van der Waals surface area (Å²) < 4.78 is 7.62. The van der Waals surface area contributed by atoms with Crippen molar-refractivity contribution in [2.24, 2.45) is 5.92 Å². The van der Waals surface area contributed by atoms with E-state index in [-0.39, 0.29) is 0 Å². The molecule has 1 aromatic heterocycles. The van der Waals surface area contributed by atoms with Gasteiger partial charge < -0.3 is 10.1 Å². The van der Waals surface area contributed by atoms with Gasteiger partial charge in [-0.15, -0.1) is 0 Å². The summed E-state index contributed by atoms with van der Waals surface area (Å²) in [5.74, 6) is 1.76. The third-order valence-electron chi connectivity index (χ3n) is 4.09. The Morgan fingerprint density at radius 2 is 2.19 bits per heavy atom. The van der Waals surface area contributed by atoms with Gasteiger partial charge in [-0.1, -0.05) is 18.2 Å². The molecule has 3 rings (SSSR count). The monoisotopic (exact) mass is 285 g/mol. The van der Waals surface area contributed by atoms with Crippen molar-refractivity contribution in [2.45, 2.75) is 26.3 Å². The number of para-hydroxylation sites is 1. The normalized spacial score (nSPS) is 18.2. The highest BCUT2D eigenvalue weighted by Crippen LogP contribution is 2.16. The molecular formula is C17H23N3O. The van der Waals surface area contributed by atoms with E-state index in [9.17, 15) is 0 Å². The maximum atomic E-state index is 5.41. The minimum Gasteiger partial charge on any atom is -0.381 e. The summed E-state index contributed by atoms with van der Waals surface area (Å²) in [7, 11) is 0. The molecule has 0 bridgehead atoms. The maximum absolute atomic E-state index is 5.41. The van der Waals surface area contributed by atoms with Crippen LogP contribution in [-0.4, -0.2) is 29.3 Å². The number of aromatic nitrogens is 2. The van der Waals surface area contributed by atoms with Gasteiger partial charge in [0.15, 0.2) is 0 Å². The SMILES string of the molecule is Cc1ncc(CNCCC2CCOC2)n1-c1ccccc1. The lowest BCUT2D eigenvalue weighted by Crippen LogP contribution is -2.19. The lowest BCUT2D eigenvalue weighted by atomic mass is 10.1. The molecule has 4 heteroatoms. The van der Waals surface area contributed by atoms with Crippen LogP contribution in [0.4, 0.5) is 0 Å². The molecule has 1 N–H and O–H groups in total. The number of hydrogen-bond acceptors (Lipinski definition) is 3. The van der Waals surface area contributed by atoms with Gasteiger partial charge >= 0.3 is 0 Å². The van der Waals surface area contributed by atoms with Crippen molar-refractivity contribution in [3.05, 3.63) is 48.0 Å². The number of ether oxygens (including phenoxy) is 1. The van der Waals surface area contributed by atoms with Gasteiger partial charge in [-0.2, -0.15) is 0 Å². The van der Waals surface area contributed by atoms with Gasteiger partial charge in [-0.3, -0.25) is 4.57 Å². The number of rotatable bonds is 6. The van der Waals surface area contributed by atoms with Crippen LogP contribution in [0, 0.1) is 12.8 Å². The standard InChI is InChI=1S/C17H23N3O/c1-14-19-12-17(20(14)16-5-3-2-4-6-16)11-18-9-7-15-8-10-21-13-15/h2-6,12,15,18H,7-11,13H2,1H3. The van der Waals surface area contributed by atoms with Crippen LogP contribution >= 0.6 is 0 Å². The molecule has 1 fully saturated rings. The molecule has 2 aromatic rings. The number of aryl methyl sites for hydroxylation is 1. The van der Waals surface area contributed by atoms with Gasteiger partial charge in [-0.05, 0) is 44.4 Å². The highest BCUT2D eigenvalue weighted by molar-refractivity contribution is 5.35. The summed E-state index contributed by atoms with van der Waals surface area (Å²) in [4.78, 5) is 4.45. The van der Waals surface area contributed by atoms with Crippen LogP contribution in [0.3, 0.4) is 0 Å². The molecule has 1 unspecified atom stereocenters. The van der Waals surface area contributed by atoms with Crippen LogP contribution in [0.25, 0.3) is 5.69 Å². The van der Waals surface area contributed by atoms with Crippen LogP contribution in [-0.2, 0) is 11.3 Å². The molecule has 0 radical (unpaired) electrons. The lowest BCUT2D eigenvalue weighted by molar-refractivity contribution is 0.184. The molecule has 0 amide bonds. The van der Waals surface area contributed by atoms with Gasteiger partial charge in [0.05, 0.1) is 11.9 Å². The van der Waals surface area contributed by atoms with Crippen molar-refractivity contribution < 1.29 is 4.74 Å². The Balaban J connectivity index is 1.58. The molecule has 4 nitrogen and oxygen atoms in total. The van der Waals surface area contributed by atoms with Crippen molar-refractivity contribution in [2.75, 3.05) is 19.8 Å². The Kier molecular flexibility index (Phi) is 4.68. The molecule has 2 heterocycles. The van der Waals surface area contributed by atoms with Crippen LogP contribution in [0.5, 0.6) is 0 Å². The van der Waals surface area contributed by atoms with Gasteiger partial charge in [0.2, 0.25) is 0 Å². The average Bonchev–Trinajstić information content (AvgIpc) is 3.14. The zero-order valence-corrected chi connectivity index (χ0v) is 12.6. The zero-order valence-electron chi connectivity index (χ0n) is 12.6. The number of imidazole rings is 1. The predicted octanol–water partition coefficient (Wildman–Crippen LogP) is 2.70. The van der Waals surface area contributed by atoms with Crippen LogP contribution in [0.2, 0.25) is 0 Å². The molecule has 112 valence electrons. The van der Waals surface area contributed by atoms with E-state index < -0.39 is 0 Å². The van der Waals surface area contributed by atoms with Gasteiger partial charge in [-0.25, -0.2) is 4.98 Å². The fraction of sp³-hybridized carbons (Fsp3) is 0.471. The van der Waals surface area contributed by atoms with E-state index in [0.29, 0.717) is 0 Å². The van der Waals surface area contributed by atoms with E-state index in [1.807, 2.05) is 19.2 Å². The van der Waals surface area contributed by atoms with E-state index in [4.69, 9.17) is 4.74 Å². The summed E-state index contributed by atoms with van der Waals surface area (Å²) in [6, 6.07) is 10.4. The lowest BCUT2D eigenvalue weighted by Gasteiger charge is -2.12. The number of nitrogens with one attached hydrogen (secondary N) is 1. The molecule has 0 saturated carbocycles. The molecule has 21 heavy (non-hydrogen) atoms. The summed E-state index contributed by atoms with van der Waals surface area (Å²) in [5, 5.41) is 3.54. The van der Waals surface area contributed by atoms with Gasteiger partial charge in [0, 0.05) is 25.4 Å². The Labute approximate surface area is 126 Å². The quantitative estimate of drug-likeness (QED) is 0.829. The Bertz CT molecular complexity index is 559. The summed E-state index contributed by atoms with van der Waals surface area (Å²) in [6.07, 6.45) is 4.37. The highest BCUT2D eigenvalue weighted by atomic mass is 16.5. The number of hydrogen-bond donors (Lipinski definition) is 1. The molecule has 1 atom stereocenters. The minimum atomic E-state index is 0.735. The zero-order chi connectivity index (χ0) is 14.5. The van der Waals surface area contributed by atoms with Gasteiger partial charge in [0.1, 0.15) is 5.82 Å². The first kappa shape index (κ1) is 14.3. The van der Waals surface area contributed by atoms with E-state index >= 15 is 0 Å². The molecule has 0 aliphatic carbocycles. The second kappa shape index (κ2) is 6.87. The van der Waals surface area contributed by atoms with Crippen molar-refractivity contribution in [1.29, 1.82) is 0 Å². The third-order valence-corrected chi connectivity index (χ3v) is 4.09. The largest absolute Gasteiger partial charge is 0.381 e. The molecule has 1 aromatic carbocycles. The van der Waals surface area contributed by atoms with Crippen molar-refractivity contribution >= 4 is 0 Å². The van der Waals surface area contributed by atoms with Crippen LogP contribution < -0.4 is 5.32 Å². The second-order valence-electron chi connectivity index (χ2n) is 5.66. The molecule has 1 aliphatic rings. The summed E-state index contributed by atoms with van der Waals surface area (Å²) in [6.45, 7) is 5.80. The first-order valence-electron chi connectivity index (χ1n) is 7.71. The Hall–Kier alpha value is -1.65. The number of nitrogens with zero attached hydrogens (tertiary/aromatic N) is 2. The average molecular weight is 285 g/mol. The second-order valence-corrected chi connectivity index (χ2v) is 5.66. The molecule has 1 aliphatic heterocycles. The van der Waals surface area contributed by atoms with Crippen molar-refractivity contribution in [1.82, 2.24) is 14.9 Å². The highest BCUT2D eigenvalue weighted by Gasteiger charge is 2.15. The third kappa shape index (κ3) is 3.52. The predicted molar refractivity (Wildman–Crippen MR) is 83.6 cm³/mol. The van der Waals surface area contributed by atoms with E-state index in [0.717, 1.165) is 38.0 Å². The van der Waals surface area contributed by atoms with E-state index in [2.05, 4.69) is 39.1 Å².